The van der Waals surface area contributed by atoms with E-state index in [0.29, 0.717) is 10.2 Å². The van der Waals surface area contributed by atoms with Gasteiger partial charge in [0.05, 0.1) is 12.1 Å². The first-order valence-corrected chi connectivity index (χ1v) is 7.06. The highest BCUT2D eigenvalue weighted by Gasteiger charge is 2.13. The highest BCUT2D eigenvalue weighted by atomic mass is 79.9. The largest absolute Gasteiger partial charge is 0.323 e. The minimum Gasteiger partial charge on any atom is -0.323 e. The van der Waals surface area contributed by atoms with Crippen LogP contribution in [0.4, 0.5) is 10.1 Å². The number of hydrogen-bond donors (Lipinski definition) is 1. The summed E-state index contributed by atoms with van der Waals surface area (Å²) in [6.07, 6.45) is 1.32. The number of halogens is 4. The normalized spacial score (nSPS) is 10.4. The lowest BCUT2D eigenvalue weighted by atomic mass is 10.1. The van der Waals surface area contributed by atoms with Crippen molar-refractivity contribution in [3.8, 4) is 0 Å². The molecule has 0 aliphatic heterocycles. The fourth-order valence-corrected chi connectivity index (χ4v) is 2.28. The van der Waals surface area contributed by atoms with Crippen LogP contribution >= 0.6 is 39.1 Å². The van der Waals surface area contributed by atoms with Gasteiger partial charge in [0.25, 0.3) is 0 Å². The summed E-state index contributed by atoms with van der Waals surface area (Å²) in [6, 6.07) is 5.87. The van der Waals surface area contributed by atoms with Crippen molar-refractivity contribution in [2.24, 2.45) is 0 Å². The fourth-order valence-electron chi connectivity index (χ4n) is 1.57. The molecule has 0 radical (unpaired) electrons. The maximum Gasteiger partial charge on any atom is 0.229 e. The number of benzene rings is 1. The molecule has 3 nitrogen and oxygen atoms in total. The molecule has 0 spiro atoms. The quantitative estimate of drug-likeness (QED) is 0.801. The number of hydrogen-bond acceptors (Lipinski definition) is 2. The first kappa shape index (κ1) is 15.2. The molecular formula is C13H8BrCl2FN2O. The lowest BCUT2D eigenvalue weighted by molar-refractivity contribution is -0.115. The molecule has 2 rings (SSSR count). The third-order valence-electron chi connectivity index (χ3n) is 2.48. The highest BCUT2D eigenvalue weighted by molar-refractivity contribution is 9.10. The van der Waals surface area contributed by atoms with E-state index in [1.54, 1.807) is 6.07 Å². The maximum atomic E-state index is 13.6. The summed E-state index contributed by atoms with van der Waals surface area (Å²) in [5.41, 5.74) is 0.490. The van der Waals surface area contributed by atoms with Crippen LogP contribution in [0.3, 0.4) is 0 Å². The third-order valence-corrected chi connectivity index (χ3v) is 3.57. The van der Waals surface area contributed by atoms with E-state index in [4.69, 9.17) is 23.2 Å². The first-order valence-electron chi connectivity index (χ1n) is 5.51. The number of anilines is 1. The summed E-state index contributed by atoms with van der Waals surface area (Å²) >= 11 is 14.9. The van der Waals surface area contributed by atoms with Gasteiger partial charge in [-0.3, -0.25) is 4.79 Å². The number of amides is 1. The number of nitrogens with zero attached hydrogens (tertiary/aromatic N) is 1. The van der Waals surface area contributed by atoms with Gasteiger partial charge in [0.2, 0.25) is 5.91 Å². The second-order valence-corrected chi connectivity index (χ2v) is 5.60. The van der Waals surface area contributed by atoms with Gasteiger partial charge in [-0.2, -0.15) is 0 Å². The van der Waals surface area contributed by atoms with Crippen molar-refractivity contribution < 1.29 is 9.18 Å². The van der Waals surface area contributed by atoms with E-state index >= 15 is 0 Å². The number of rotatable bonds is 3. The molecule has 0 fully saturated rings. The Morgan fingerprint density at radius 3 is 2.85 bits per heavy atom. The summed E-state index contributed by atoms with van der Waals surface area (Å²) in [6.45, 7) is 0. The zero-order valence-corrected chi connectivity index (χ0v) is 13.1. The van der Waals surface area contributed by atoms with E-state index in [9.17, 15) is 9.18 Å². The summed E-state index contributed by atoms with van der Waals surface area (Å²) in [5.74, 6) is -0.954. The van der Waals surface area contributed by atoms with Gasteiger partial charge < -0.3 is 5.32 Å². The average molecular weight is 378 g/mol. The van der Waals surface area contributed by atoms with Crippen LogP contribution in [0.25, 0.3) is 0 Å². The number of carbonyl (C=O) groups excluding carboxylic acids is 1. The van der Waals surface area contributed by atoms with Crippen LogP contribution in [0.1, 0.15) is 5.56 Å². The number of pyridine rings is 1. The molecule has 0 saturated heterocycles. The predicted molar refractivity (Wildman–Crippen MR) is 80.7 cm³/mol. The molecule has 0 atom stereocenters. The SMILES string of the molecule is O=C(Cc1c(F)cccc1Cl)Nc1cc(Br)cnc1Cl. The maximum absolute atomic E-state index is 13.6. The van der Waals surface area contributed by atoms with Crippen LogP contribution in [-0.2, 0) is 11.2 Å². The van der Waals surface area contributed by atoms with Crippen molar-refractivity contribution in [1.29, 1.82) is 0 Å². The van der Waals surface area contributed by atoms with Gasteiger partial charge in [-0.25, -0.2) is 9.37 Å². The Morgan fingerprint density at radius 1 is 1.40 bits per heavy atom. The van der Waals surface area contributed by atoms with Gasteiger partial charge in [-0.05, 0) is 34.1 Å². The zero-order chi connectivity index (χ0) is 14.7. The van der Waals surface area contributed by atoms with Gasteiger partial charge in [-0.1, -0.05) is 29.3 Å². The minimum absolute atomic E-state index is 0.144. The van der Waals surface area contributed by atoms with Gasteiger partial charge in [0.1, 0.15) is 5.82 Å². The molecule has 1 heterocycles. The Hall–Kier alpha value is -1.17. The molecule has 1 aromatic carbocycles. The van der Waals surface area contributed by atoms with Crippen molar-refractivity contribution in [1.82, 2.24) is 4.98 Å². The number of nitrogens with one attached hydrogen (secondary N) is 1. The Kier molecular flexibility index (Phi) is 4.96. The second-order valence-electron chi connectivity index (χ2n) is 3.92. The molecule has 0 saturated carbocycles. The van der Waals surface area contributed by atoms with Crippen molar-refractivity contribution >= 4 is 50.7 Å². The Labute approximate surface area is 133 Å². The van der Waals surface area contributed by atoms with E-state index in [1.165, 1.54) is 24.4 Å². The predicted octanol–water partition coefficient (Wildman–Crippen LogP) is 4.47. The first-order chi connectivity index (χ1) is 9.47. The molecule has 2 aromatic rings. The van der Waals surface area contributed by atoms with Crippen LogP contribution in [-0.4, -0.2) is 10.9 Å². The number of carbonyl (C=O) groups is 1. The molecule has 0 unspecified atom stereocenters. The Morgan fingerprint density at radius 2 is 2.15 bits per heavy atom. The summed E-state index contributed by atoms with van der Waals surface area (Å²) in [5, 5.41) is 2.93. The van der Waals surface area contributed by atoms with Gasteiger partial charge in [-0.15, -0.1) is 0 Å². The number of aromatic nitrogens is 1. The molecule has 0 aliphatic carbocycles. The van der Waals surface area contributed by atoms with Gasteiger partial charge >= 0.3 is 0 Å². The molecule has 0 aliphatic rings. The molecule has 7 heteroatoms. The lowest BCUT2D eigenvalue weighted by Gasteiger charge is -2.08. The molecule has 1 amide bonds. The van der Waals surface area contributed by atoms with Crippen molar-refractivity contribution in [3.05, 3.63) is 56.5 Å². The topological polar surface area (TPSA) is 42.0 Å². The fraction of sp³-hybridized carbons (Fsp3) is 0.0769. The summed E-state index contributed by atoms with van der Waals surface area (Å²) in [4.78, 5) is 15.8. The van der Waals surface area contributed by atoms with E-state index in [0.717, 1.165) is 0 Å². The molecule has 1 aromatic heterocycles. The Bertz CT molecular complexity index is 647. The smallest absolute Gasteiger partial charge is 0.229 e. The van der Waals surface area contributed by atoms with E-state index in [1.807, 2.05) is 0 Å². The van der Waals surface area contributed by atoms with Crippen LogP contribution < -0.4 is 5.32 Å². The van der Waals surface area contributed by atoms with Gasteiger partial charge in [0.15, 0.2) is 5.15 Å². The second kappa shape index (κ2) is 6.52. The van der Waals surface area contributed by atoms with Crippen LogP contribution in [0.15, 0.2) is 34.9 Å². The summed E-state index contributed by atoms with van der Waals surface area (Å²) < 4.78 is 14.3. The van der Waals surface area contributed by atoms with Crippen LogP contribution in [0.2, 0.25) is 10.2 Å². The zero-order valence-electron chi connectivity index (χ0n) is 9.96. The van der Waals surface area contributed by atoms with E-state index < -0.39 is 11.7 Å². The van der Waals surface area contributed by atoms with E-state index in [-0.39, 0.29) is 22.2 Å². The highest BCUT2D eigenvalue weighted by Crippen LogP contribution is 2.24. The molecule has 0 bridgehead atoms. The molecule has 20 heavy (non-hydrogen) atoms. The average Bonchev–Trinajstić information content (AvgIpc) is 2.38. The van der Waals surface area contributed by atoms with Crippen molar-refractivity contribution in [2.75, 3.05) is 5.32 Å². The van der Waals surface area contributed by atoms with Crippen molar-refractivity contribution in [2.45, 2.75) is 6.42 Å². The standard InChI is InChI=1S/C13H8BrCl2FN2O/c14-7-4-11(13(16)18-6-7)19-12(20)5-8-9(15)2-1-3-10(8)17/h1-4,6H,5H2,(H,19,20). The van der Waals surface area contributed by atoms with Crippen LogP contribution in [0, 0.1) is 5.82 Å². The molecule has 1 N–H and O–H groups in total. The van der Waals surface area contributed by atoms with Crippen molar-refractivity contribution in [3.63, 3.8) is 0 Å². The van der Waals surface area contributed by atoms with Gasteiger partial charge in [0, 0.05) is 21.3 Å². The molecular weight excluding hydrogens is 370 g/mol. The molecule has 104 valence electrons. The lowest BCUT2D eigenvalue weighted by Crippen LogP contribution is -2.16. The third kappa shape index (κ3) is 3.69. The monoisotopic (exact) mass is 376 g/mol. The summed E-state index contributed by atoms with van der Waals surface area (Å²) in [7, 11) is 0. The van der Waals surface area contributed by atoms with Crippen LogP contribution in [0.5, 0.6) is 0 Å². The van der Waals surface area contributed by atoms with E-state index in [2.05, 4.69) is 26.2 Å². The Balaban J connectivity index is 2.15. The minimum atomic E-state index is -0.522.